The first-order valence-electron chi connectivity index (χ1n) is 6.13. The van der Waals surface area contributed by atoms with Gasteiger partial charge < -0.3 is 0 Å². The van der Waals surface area contributed by atoms with Gasteiger partial charge in [-0.25, -0.2) is 10.5 Å². The van der Waals surface area contributed by atoms with Gasteiger partial charge in [-0.15, -0.1) is 0 Å². The zero-order chi connectivity index (χ0) is 14.9. The summed E-state index contributed by atoms with van der Waals surface area (Å²) in [7, 11) is 0. The van der Waals surface area contributed by atoms with Crippen LogP contribution >= 0.6 is 0 Å². The van der Waals surface area contributed by atoms with Gasteiger partial charge >= 0.3 is 0 Å². The second kappa shape index (κ2) is 5.26. The highest BCUT2D eigenvalue weighted by molar-refractivity contribution is 5.91. The van der Waals surface area contributed by atoms with E-state index in [1.165, 1.54) is 6.07 Å². The number of nitrogen functional groups attached to an aromatic ring is 1. The van der Waals surface area contributed by atoms with Crippen LogP contribution in [0.5, 0.6) is 0 Å². The number of nitrogens with two attached hydrogens (primary N) is 1. The summed E-state index contributed by atoms with van der Waals surface area (Å²) in [6.07, 6.45) is 0. The number of hydrogen-bond acceptors (Lipinski definition) is 4. The minimum Gasteiger partial charge on any atom is -0.289 e. The van der Waals surface area contributed by atoms with Crippen LogP contribution in [0.3, 0.4) is 0 Å². The number of amides is 1. The van der Waals surface area contributed by atoms with E-state index >= 15 is 0 Å². The molecule has 3 N–H and O–H groups in total. The average molecular weight is 272 g/mol. The minimum atomic E-state index is -0.701. The molecule has 0 bridgehead atoms. The Kier molecular flexibility index (Phi) is 3.67. The van der Waals surface area contributed by atoms with Gasteiger partial charge in [-0.05, 0) is 44.0 Å². The standard InChI is InChI=1S/C14H16N4O2/c1-8-4-5-11(6-9(8)2)18-10(3)7-12(19)13(17-18)14(20)16-15/h4-7H,15H2,1-3H3,(H,16,20). The van der Waals surface area contributed by atoms with Crippen molar-refractivity contribution in [3.8, 4) is 5.69 Å². The normalized spacial score (nSPS) is 10.4. The number of rotatable bonds is 2. The maximum absolute atomic E-state index is 11.8. The SMILES string of the molecule is Cc1ccc(-n2nc(C(=O)NN)c(=O)cc2C)cc1C. The van der Waals surface area contributed by atoms with E-state index in [-0.39, 0.29) is 5.69 Å². The van der Waals surface area contributed by atoms with Gasteiger partial charge in [0.15, 0.2) is 5.69 Å². The van der Waals surface area contributed by atoms with Crippen molar-refractivity contribution in [2.45, 2.75) is 20.8 Å². The lowest BCUT2D eigenvalue weighted by Gasteiger charge is -2.12. The molecule has 0 aliphatic carbocycles. The van der Waals surface area contributed by atoms with Crippen molar-refractivity contribution in [3.63, 3.8) is 0 Å². The van der Waals surface area contributed by atoms with Crippen molar-refractivity contribution in [1.29, 1.82) is 0 Å². The predicted octanol–water partition coefficient (Wildman–Crippen LogP) is 0.761. The Morgan fingerprint density at radius 1 is 1.20 bits per heavy atom. The number of carbonyl (C=O) groups excluding carboxylic acids is 1. The number of carbonyl (C=O) groups is 1. The van der Waals surface area contributed by atoms with E-state index in [9.17, 15) is 9.59 Å². The second-order valence-electron chi connectivity index (χ2n) is 4.65. The summed E-state index contributed by atoms with van der Waals surface area (Å²) in [6.45, 7) is 5.76. The summed E-state index contributed by atoms with van der Waals surface area (Å²) in [5, 5.41) is 4.10. The maximum atomic E-state index is 11.8. The van der Waals surface area contributed by atoms with Gasteiger partial charge in [0.25, 0.3) is 5.91 Å². The zero-order valence-corrected chi connectivity index (χ0v) is 11.6. The van der Waals surface area contributed by atoms with Crippen molar-refractivity contribution in [2.75, 3.05) is 0 Å². The van der Waals surface area contributed by atoms with Crippen molar-refractivity contribution in [2.24, 2.45) is 5.84 Å². The van der Waals surface area contributed by atoms with Crippen molar-refractivity contribution in [3.05, 3.63) is 57.0 Å². The average Bonchev–Trinajstić information content (AvgIpc) is 2.41. The van der Waals surface area contributed by atoms with E-state index in [4.69, 9.17) is 5.84 Å². The van der Waals surface area contributed by atoms with E-state index in [1.54, 1.807) is 11.6 Å². The van der Waals surface area contributed by atoms with Gasteiger partial charge in [-0.3, -0.25) is 15.0 Å². The van der Waals surface area contributed by atoms with Gasteiger partial charge in [0.05, 0.1) is 5.69 Å². The number of nitrogens with one attached hydrogen (secondary N) is 1. The van der Waals surface area contributed by atoms with Crippen LogP contribution in [0.25, 0.3) is 5.69 Å². The molecule has 2 rings (SSSR count). The Balaban J connectivity index is 2.64. The van der Waals surface area contributed by atoms with Gasteiger partial charge in [-0.1, -0.05) is 6.07 Å². The Morgan fingerprint density at radius 3 is 2.50 bits per heavy atom. The fraction of sp³-hybridized carbons (Fsp3) is 0.214. The summed E-state index contributed by atoms with van der Waals surface area (Å²) in [6, 6.07) is 7.17. The van der Waals surface area contributed by atoms with Crippen molar-refractivity contribution < 1.29 is 4.79 Å². The summed E-state index contributed by atoms with van der Waals surface area (Å²) in [5.74, 6) is 4.35. The molecule has 1 amide bonds. The third-order valence-corrected chi connectivity index (χ3v) is 3.19. The van der Waals surface area contributed by atoms with Crippen LogP contribution in [-0.2, 0) is 0 Å². The summed E-state index contributed by atoms with van der Waals surface area (Å²) < 4.78 is 1.55. The Hall–Kier alpha value is -2.47. The first-order chi connectivity index (χ1) is 9.43. The molecule has 6 heteroatoms. The highest BCUT2D eigenvalue weighted by atomic mass is 16.2. The highest BCUT2D eigenvalue weighted by Crippen LogP contribution is 2.14. The molecule has 0 aliphatic rings. The monoisotopic (exact) mass is 272 g/mol. The molecule has 0 saturated carbocycles. The third kappa shape index (κ3) is 2.46. The smallest absolute Gasteiger partial charge is 0.289 e. The van der Waals surface area contributed by atoms with Crippen LogP contribution < -0.4 is 16.7 Å². The van der Waals surface area contributed by atoms with Crippen molar-refractivity contribution >= 4 is 5.91 Å². The summed E-state index contributed by atoms with van der Waals surface area (Å²) in [4.78, 5) is 23.3. The van der Waals surface area contributed by atoms with E-state index in [0.29, 0.717) is 5.69 Å². The number of hydrogen-bond donors (Lipinski definition) is 2. The number of aryl methyl sites for hydroxylation is 3. The molecule has 0 aliphatic heterocycles. The lowest BCUT2D eigenvalue weighted by molar-refractivity contribution is 0.0945. The molecule has 0 atom stereocenters. The summed E-state index contributed by atoms with van der Waals surface area (Å²) in [5.41, 5.74) is 4.94. The zero-order valence-electron chi connectivity index (χ0n) is 11.6. The first-order valence-corrected chi connectivity index (χ1v) is 6.13. The van der Waals surface area contributed by atoms with E-state index in [1.807, 2.05) is 37.5 Å². The van der Waals surface area contributed by atoms with Gasteiger partial charge in [-0.2, -0.15) is 5.10 Å². The molecule has 104 valence electrons. The Morgan fingerprint density at radius 2 is 1.90 bits per heavy atom. The third-order valence-electron chi connectivity index (χ3n) is 3.19. The van der Waals surface area contributed by atoms with Crippen LogP contribution in [0, 0.1) is 20.8 Å². The van der Waals surface area contributed by atoms with Crippen LogP contribution in [0.1, 0.15) is 27.3 Å². The summed E-state index contributed by atoms with van der Waals surface area (Å²) >= 11 is 0. The fourth-order valence-corrected chi connectivity index (χ4v) is 1.89. The molecular formula is C14H16N4O2. The topological polar surface area (TPSA) is 90.0 Å². The van der Waals surface area contributed by atoms with E-state index in [2.05, 4.69) is 5.10 Å². The molecule has 0 spiro atoms. The molecule has 0 radical (unpaired) electrons. The number of nitrogens with zero attached hydrogens (tertiary/aromatic N) is 2. The quantitative estimate of drug-likeness (QED) is 0.480. The molecule has 2 aromatic rings. The van der Waals surface area contributed by atoms with Gasteiger partial charge in [0, 0.05) is 11.8 Å². The second-order valence-corrected chi connectivity index (χ2v) is 4.65. The largest absolute Gasteiger partial charge is 0.289 e. The number of aromatic nitrogens is 2. The van der Waals surface area contributed by atoms with Crippen LogP contribution in [0.2, 0.25) is 0 Å². The van der Waals surface area contributed by atoms with Crippen molar-refractivity contribution in [1.82, 2.24) is 15.2 Å². The molecule has 20 heavy (non-hydrogen) atoms. The lowest BCUT2D eigenvalue weighted by atomic mass is 10.1. The molecule has 0 unspecified atom stereocenters. The van der Waals surface area contributed by atoms with Crippen LogP contribution in [0.15, 0.2) is 29.1 Å². The highest BCUT2D eigenvalue weighted by Gasteiger charge is 2.14. The van der Waals surface area contributed by atoms with Gasteiger partial charge in [0.2, 0.25) is 5.43 Å². The Bertz CT molecular complexity index is 734. The lowest BCUT2D eigenvalue weighted by Crippen LogP contribution is -2.36. The fourth-order valence-electron chi connectivity index (χ4n) is 1.89. The number of benzene rings is 1. The molecule has 1 aromatic heterocycles. The minimum absolute atomic E-state index is 0.226. The molecule has 0 fully saturated rings. The first kappa shape index (κ1) is 14.0. The molecular weight excluding hydrogens is 256 g/mol. The molecule has 6 nitrogen and oxygen atoms in total. The van der Waals surface area contributed by atoms with Gasteiger partial charge in [0.1, 0.15) is 0 Å². The maximum Gasteiger partial charge on any atom is 0.289 e. The molecule has 1 heterocycles. The molecule has 0 saturated heterocycles. The number of hydrazine groups is 1. The Labute approximate surface area is 116 Å². The van der Waals surface area contributed by atoms with E-state index < -0.39 is 11.3 Å². The van der Waals surface area contributed by atoms with Crippen LogP contribution in [0.4, 0.5) is 0 Å². The molecule has 1 aromatic carbocycles. The predicted molar refractivity (Wildman–Crippen MR) is 75.7 cm³/mol. The van der Waals surface area contributed by atoms with Crippen LogP contribution in [-0.4, -0.2) is 15.7 Å². The van der Waals surface area contributed by atoms with E-state index in [0.717, 1.165) is 16.8 Å².